The zero-order valence-electron chi connectivity index (χ0n) is 8.28. The van der Waals surface area contributed by atoms with Crippen LogP contribution < -0.4 is 5.73 Å². The molecule has 74 valence electrons. The average Bonchev–Trinajstić information content (AvgIpc) is 2.63. The average molecular weight is 180 g/mol. The number of rotatable bonds is 2. The SMILES string of the molecule is NCC1CCN1C1CC2CCC1C2. The zero-order chi connectivity index (χ0) is 8.84. The minimum atomic E-state index is 0.740. The Bertz CT molecular complexity index is 202. The van der Waals surface area contributed by atoms with Crippen molar-refractivity contribution in [1.29, 1.82) is 0 Å². The normalized spacial score (nSPS) is 49.6. The van der Waals surface area contributed by atoms with E-state index in [0.717, 1.165) is 30.5 Å². The molecule has 3 fully saturated rings. The Balaban J connectivity index is 1.66. The van der Waals surface area contributed by atoms with Crippen molar-refractivity contribution in [2.24, 2.45) is 17.6 Å². The van der Waals surface area contributed by atoms with Crippen molar-refractivity contribution < 1.29 is 0 Å². The number of fused-ring (bicyclic) bond motifs is 2. The van der Waals surface area contributed by atoms with Crippen LogP contribution in [-0.2, 0) is 0 Å². The molecule has 13 heavy (non-hydrogen) atoms. The number of nitrogens with two attached hydrogens (primary N) is 1. The van der Waals surface area contributed by atoms with Crippen LogP contribution in [0.15, 0.2) is 0 Å². The van der Waals surface area contributed by atoms with Crippen LogP contribution in [0, 0.1) is 11.8 Å². The molecule has 2 bridgehead atoms. The maximum Gasteiger partial charge on any atom is 0.0233 e. The lowest BCUT2D eigenvalue weighted by molar-refractivity contribution is 0.0204. The smallest absolute Gasteiger partial charge is 0.0233 e. The number of likely N-dealkylation sites (tertiary alicyclic amines) is 1. The van der Waals surface area contributed by atoms with Gasteiger partial charge in [0.15, 0.2) is 0 Å². The van der Waals surface area contributed by atoms with E-state index >= 15 is 0 Å². The summed E-state index contributed by atoms with van der Waals surface area (Å²) in [5.74, 6) is 2.12. The summed E-state index contributed by atoms with van der Waals surface area (Å²) >= 11 is 0. The number of hydrogen-bond acceptors (Lipinski definition) is 2. The second-order valence-corrected chi connectivity index (χ2v) is 5.16. The third kappa shape index (κ3) is 1.15. The summed E-state index contributed by atoms with van der Waals surface area (Å²) in [6.07, 6.45) is 7.38. The van der Waals surface area contributed by atoms with Gasteiger partial charge in [0.25, 0.3) is 0 Å². The van der Waals surface area contributed by atoms with Gasteiger partial charge in [-0.25, -0.2) is 0 Å². The molecule has 0 spiro atoms. The monoisotopic (exact) mass is 180 g/mol. The Hall–Kier alpha value is -0.0800. The molecule has 0 amide bonds. The van der Waals surface area contributed by atoms with Crippen LogP contribution in [0.3, 0.4) is 0 Å². The molecular weight excluding hydrogens is 160 g/mol. The van der Waals surface area contributed by atoms with E-state index in [2.05, 4.69) is 4.90 Å². The van der Waals surface area contributed by atoms with Gasteiger partial charge in [-0.2, -0.15) is 0 Å². The Labute approximate surface area is 80.5 Å². The highest BCUT2D eigenvalue weighted by molar-refractivity contribution is 5.00. The number of nitrogens with zero attached hydrogens (tertiary/aromatic N) is 1. The second kappa shape index (κ2) is 2.96. The summed E-state index contributed by atoms with van der Waals surface area (Å²) in [5.41, 5.74) is 5.75. The highest BCUT2D eigenvalue weighted by atomic mass is 15.3. The van der Waals surface area contributed by atoms with Crippen LogP contribution >= 0.6 is 0 Å². The number of hydrogen-bond donors (Lipinski definition) is 1. The van der Waals surface area contributed by atoms with E-state index in [-0.39, 0.29) is 0 Å². The second-order valence-electron chi connectivity index (χ2n) is 5.16. The van der Waals surface area contributed by atoms with Crippen LogP contribution in [0.25, 0.3) is 0 Å². The van der Waals surface area contributed by atoms with Crippen LogP contribution in [0.4, 0.5) is 0 Å². The van der Waals surface area contributed by atoms with Gasteiger partial charge in [-0.1, -0.05) is 6.42 Å². The Morgan fingerprint density at radius 3 is 2.54 bits per heavy atom. The summed E-state index contributed by atoms with van der Waals surface area (Å²) in [6.45, 7) is 2.21. The predicted molar refractivity (Wildman–Crippen MR) is 53.4 cm³/mol. The molecule has 4 unspecified atom stereocenters. The molecule has 2 saturated carbocycles. The van der Waals surface area contributed by atoms with Crippen LogP contribution in [-0.4, -0.2) is 30.1 Å². The van der Waals surface area contributed by atoms with Gasteiger partial charge in [-0.05, 0) is 37.5 Å². The third-order valence-electron chi connectivity index (χ3n) is 4.59. The largest absolute Gasteiger partial charge is 0.329 e. The van der Waals surface area contributed by atoms with E-state index in [9.17, 15) is 0 Å². The first-order valence-electron chi connectivity index (χ1n) is 5.84. The minimum Gasteiger partial charge on any atom is -0.329 e. The lowest BCUT2D eigenvalue weighted by atomic mass is 9.89. The maximum atomic E-state index is 5.75. The zero-order valence-corrected chi connectivity index (χ0v) is 8.28. The van der Waals surface area contributed by atoms with E-state index in [4.69, 9.17) is 5.73 Å². The molecule has 2 heteroatoms. The molecule has 2 aliphatic carbocycles. The standard InChI is InChI=1S/C11H20N2/c12-7-10-3-4-13(10)11-6-8-1-2-9(11)5-8/h8-11H,1-7,12H2. The lowest BCUT2D eigenvalue weighted by Crippen LogP contribution is -2.57. The van der Waals surface area contributed by atoms with Gasteiger partial charge in [-0.3, -0.25) is 4.90 Å². The van der Waals surface area contributed by atoms with Gasteiger partial charge >= 0.3 is 0 Å². The van der Waals surface area contributed by atoms with E-state index in [1.54, 1.807) is 0 Å². The molecule has 3 aliphatic rings. The van der Waals surface area contributed by atoms with Gasteiger partial charge < -0.3 is 5.73 Å². The van der Waals surface area contributed by atoms with Crippen molar-refractivity contribution in [3.8, 4) is 0 Å². The molecule has 1 saturated heterocycles. The molecule has 4 atom stereocenters. The Morgan fingerprint density at radius 1 is 1.15 bits per heavy atom. The molecule has 1 heterocycles. The van der Waals surface area contributed by atoms with E-state index in [1.807, 2.05) is 0 Å². The van der Waals surface area contributed by atoms with Crippen LogP contribution in [0.2, 0.25) is 0 Å². The van der Waals surface area contributed by atoms with Gasteiger partial charge in [0.2, 0.25) is 0 Å². The highest BCUT2D eigenvalue weighted by Gasteiger charge is 2.45. The van der Waals surface area contributed by atoms with Gasteiger partial charge in [0.1, 0.15) is 0 Å². The first kappa shape index (κ1) is 8.25. The molecule has 0 radical (unpaired) electrons. The molecule has 0 aromatic rings. The van der Waals surface area contributed by atoms with E-state index < -0.39 is 0 Å². The molecule has 0 aromatic carbocycles. The molecule has 2 N–H and O–H groups in total. The molecular formula is C11H20N2. The summed E-state index contributed by atoms with van der Waals surface area (Å²) in [6, 6.07) is 1.67. The molecule has 1 aliphatic heterocycles. The van der Waals surface area contributed by atoms with Crippen molar-refractivity contribution in [2.75, 3.05) is 13.1 Å². The van der Waals surface area contributed by atoms with Gasteiger partial charge in [0, 0.05) is 25.2 Å². The Morgan fingerprint density at radius 2 is 2.08 bits per heavy atom. The molecule has 0 aromatic heterocycles. The van der Waals surface area contributed by atoms with Crippen molar-refractivity contribution >= 4 is 0 Å². The van der Waals surface area contributed by atoms with E-state index in [0.29, 0.717) is 0 Å². The summed E-state index contributed by atoms with van der Waals surface area (Å²) in [7, 11) is 0. The molecule has 3 rings (SSSR count). The fourth-order valence-corrected chi connectivity index (χ4v) is 3.77. The predicted octanol–water partition coefficient (Wildman–Crippen LogP) is 1.21. The maximum absolute atomic E-state index is 5.75. The van der Waals surface area contributed by atoms with Crippen molar-refractivity contribution in [2.45, 2.75) is 44.2 Å². The topological polar surface area (TPSA) is 29.3 Å². The summed E-state index contributed by atoms with van der Waals surface area (Å²) in [4.78, 5) is 2.70. The van der Waals surface area contributed by atoms with Crippen molar-refractivity contribution in [3.05, 3.63) is 0 Å². The van der Waals surface area contributed by atoms with E-state index in [1.165, 1.54) is 38.6 Å². The van der Waals surface area contributed by atoms with Crippen LogP contribution in [0.5, 0.6) is 0 Å². The highest BCUT2D eigenvalue weighted by Crippen LogP contribution is 2.48. The third-order valence-corrected chi connectivity index (χ3v) is 4.59. The summed E-state index contributed by atoms with van der Waals surface area (Å²) in [5, 5.41) is 0. The summed E-state index contributed by atoms with van der Waals surface area (Å²) < 4.78 is 0. The lowest BCUT2D eigenvalue weighted by Gasteiger charge is -2.47. The van der Waals surface area contributed by atoms with Crippen molar-refractivity contribution in [1.82, 2.24) is 4.90 Å². The van der Waals surface area contributed by atoms with Crippen LogP contribution in [0.1, 0.15) is 32.1 Å². The first-order chi connectivity index (χ1) is 6.38. The molecule has 2 nitrogen and oxygen atoms in total. The quantitative estimate of drug-likeness (QED) is 0.692. The first-order valence-corrected chi connectivity index (χ1v) is 5.84. The minimum absolute atomic E-state index is 0.740. The Kier molecular flexibility index (Phi) is 1.88. The van der Waals surface area contributed by atoms with Gasteiger partial charge in [-0.15, -0.1) is 0 Å². The fraction of sp³-hybridized carbons (Fsp3) is 1.00. The fourth-order valence-electron chi connectivity index (χ4n) is 3.77. The van der Waals surface area contributed by atoms with Crippen molar-refractivity contribution in [3.63, 3.8) is 0 Å². The van der Waals surface area contributed by atoms with Gasteiger partial charge in [0.05, 0.1) is 0 Å².